The number of likely N-dealkylation sites (N-methyl/N-ethyl adjacent to an activating group) is 1. The van der Waals surface area contributed by atoms with Gasteiger partial charge in [-0.3, -0.25) is 4.79 Å². The normalized spacial score (nSPS) is 10.7. The van der Waals surface area contributed by atoms with Crippen LogP contribution in [-0.4, -0.2) is 41.5 Å². The molecule has 0 radical (unpaired) electrons. The number of hydrogen-bond donors (Lipinski definition) is 2. The third-order valence-electron chi connectivity index (χ3n) is 4.32. The minimum atomic E-state index is -0.998. The van der Waals surface area contributed by atoms with Crippen molar-refractivity contribution in [3.8, 4) is 5.75 Å². The SMILES string of the molecule is CCN(CC)CCc1cc(NC(=O)c2ccccc2[O-])ccc1C(=O)O. The van der Waals surface area contributed by atoms with Crippen LogP contribution in [-0.2, 0) is 6.42 Å². The summed E-state index contributed by atoms with van der Waals surface area (Å²) in [5.74, 6) is -1.86. The molecule has 0 bridgehead atoms. The highest BCUT2D eigenvalue weighted by molar-refractivity contribution is 6.06. The zero-order chi connectivity index (χ0) is 19.1. The minimum absolute atomic E-state index is 0.0551. The Morgan fingerprint density at radius 2 is 1.77 bits per heavy atom. The van der Waals surface area contributed by atoms with Gasteiger partial charge in [0, 0.05) is 17.8 Å². The second kappa shape index (κ2) is 9.01. The second-order valence-corrected chi connectivity index (χ2v) is 5.90. The Kier molecular flexibility index (Phi) is 6.74. The van der Waals surface area contributed by atoms with Gasteiger partial charge in [0.05, 0.1) is 5.56 Å². The molecule has 0 saturated carbocycles. The van der Waals surface area contributed by atoms with Crippen LogP contribution < -0.4 is 10.4 Å². The van der Waals surface area contributed by atoms with Crippen molar-refractivity contribution < 1.29 is 19.8 Å². The van der Waals surface area contributed by atoms with Crippen LogP contribution in [0.2, 0.25) is 0 Å². The molecular formula is C20H23N2O4-. The first-order valence-corrected chi connectivity index (χ1v) is 8.62. The van der Waals surface area contributed by atoms with Gasteiger partial charge in [-0.2, -0.15) is 0 Å². The molecule has 0 fully saturated rings. The Hall–Kier alpha value is -2.86. The summed E-state index contributed by atoms with van der Waals surface area (Å²) in [6.45, 7) is 6.61. The molecule has 0 unspecified atom stereocenters. The number of nitrogens with one attached hydrogen (secondary N) is 1. The highest BCUT2D eigenvalue weighted by Crippen LogP contribution is 2.20. The minimum Gasteiger partial charge on any atom is -0.872 e. The highest BCUT2D eigenvalue weighted by Gasteiger charge is 2.13. The lowest BCUT2D eigenvalue weighted by Gasteiger charge is -2.19. The van der Waals surface area contributed by atoms with Gasteiger partial charge in [-0.25, -0.2) is 4.79 Å². The van der Waals surface area contributed by atoms with Gasteiger partial charge in [0.2, 0.25) is 0 Å². The summed E-state index contributed by atoms with van der Waals surface area (Å²) in [5, 5.41) is 23.8. The van der Waals surface area contributed by atoms with Crippen LogP contribution in [0.25, 0.3) is 0 Å². The number of carbonyl (C=O) groups excluding carboxylic acids is 1. The first-order chi connectivity index (χ1) is 12.5. The maximum Gasteiger partial charge on any atom is 0.335 e. The molecule has 2 aromatic carbocycles. The Balaban J connectivity index is 2.22. The molecule has 0 heterocycles. The van der Waals surface area contributed by atoms with E-state index in [4.69, 9.17) is 0 Å². The molecule has 26 heavy (non-hydrogen) atoms. The van der Waals surface area contributed by atoms with Crippen molar-refractivity contribution in [2.24, 2.45) is 0 Å². The molecule has 2 aromatic rings. The molecule has 2 rings (SSSR count). The molecule has 0 aliphatic rings. The monoisotopic (exact) mass is 355 g/mol. The number of nitrogens with zero attached hydrogens (tertiary/aromatic N) is 1. The van der Waals surface area contributed by atoms with Crippen molar-refractivity contribution in [1.29, 1.82) is 0 Å². The fourth-order valence-corrected chi connectivity index (χ4v) is 2.76. The topological polar surface area (TPSA) is 92.7 Å². The first kappa shape index (κ1) is 19.5. The number of carboxylic acid groups (broad SMARTS) is 1. The van der Waals surface area contributed by atoms with E-state index in [2.05, 4.69) is 24.1 Å². The number of aromatic carboxylic acids is 1. The summed E-state index contributed by atoms with van der Waals surface area (Å²) in [5.41, 5.74) is 1.40. The summed E-state index contributed by atoms with van der Waals surface area (Å²) in [7, 11) is 0. The lowest BCUT2D eigenvalue weighted by atomic mass is 10.0. The molecule has 0 atom stereocenters. The van der Waals surface area contributed by atoms with Gasteiger partial charge < -0.3 is 20.4 Å². The lowest BCUT2D eigenvalue weighted by Crippen LogP contribution is -2.26. The van der Waals surface area contributed by atoms with E-state index in [9.17, 15) is 19.8 Å². The fourth-order valence-electron chi connectivity index (χ4n) is 2.76. The van der Waals surface area contributed by atoms with Crippen LogP contribution in [0, 0.1) is 0 Å². The van der Waals surface area contributed by atoms with Crippen molar-refractivity contribution in [3.05, 3.63) is 59.2 Å². The maximum absolute atomic E-state index is 12.3. The average molecular weight is 355 g/mol. The molecule has 0 aliphatic carbocycles. The van der Waals surface area contributed by atoms with Crippen LogP contribution in [0.15, 0.2) is 42.5 Å². The zero-order valence-corrected chi connectivity index (χ0v) is 15.0. The van der Waals surface area contributed by atoms with Gasteiger partial charge in [0.25, 0.3) is 5.91 Å². The third-order valence-corrected chi connectivity index (χ3v) is 4.32. The van der Waals surface area contributed by atoms with E-state index in [0.717, 1.165) is 19.6 Å². The molecule has 0 aliphatic heterocycles. The van der Waals surface area contributed by atoms with E-state index in [1.54, 1.807) is 18.2 Å². The van der Waals surface area contributed by atoms with Gasteiger partial charge in [-0.15, -0.1) is 0 Å². The Bertz CT molecular complexity index is 785. The van der Waals surface area contributed by atoms with Gasteiger partial charge in [-0.05, 0) is 43.3 Å². The number of carboxylic acids is 1. The fraction of sp³-hybridized carbons (Fsp3) is 0.300. The van der Waals surface area contributed by atoms with Crippen molar-refractivity contribution in [3.63, 3.8) is 0 Å². The summed E-state index contributed by atoms with van der Waals surface area (Å²) >= 11 is 0. The molecule has 1 amide bonds. The number of anilines is 1. The van der Waals surface area contributed by atoms with E-state index in [0.29, 0.717) is 17.7 Å². The number of rotatable bonds is 8. The Morgan fingerprint density at radius 1 is 1.08 bits per heavy atom. The van der Waals surface area contributed by atoms with Crippen LogP contribution in [0.4, 0.5) is 5.69 Å². The smallest absolute Gasteiger partial charge is 0.335 e. The summed E-state index contributed by atoms with van der Waals surface area (Å²) in [6.07, 6.45) is 0.561. The summed E-state index contributed by atoms with van der Waals surface area (Å²) < 4.78 is 0. The van der Waals surface area contributed by atoms with E-state index in [1.165, 1.54) is 24.3 Å². The van der Waals surface area contributed by atoms with E-state index in [1.807, 2.05) is 0 Å². The quantitative estimate of drug-likeness (QED) is 0.759. The van der Waals surface area contributed by atoms with Crippen molar-refractivity contribution >= 4 is 17.6 Å². The van der Waals surface area contributed by atoms with Crippen LogP contribution >= 0.6 is 0 Å². The lowest BCUT2D eigenvalue weighted by molar-refractivity contribution is -0.268. The van der Waals surface area contributed by atoms with Crippen LogP contribution in [0.1, 0.15) is 40.1 Å². The molecule has 6 nitrogen and oxygen atoms in total. The first-order valence-electron chi connectivity index (χ1n) is 8.62. The molecule has 0 aromatic heterocycles. The highest BCUT2D eigenvalue weighted by atomic mass is 16.4. The molecular weight excluding hydrogens is 332 g/mol. The zero-order valence-electron chi connectivity index (χ0n) is 15.0. The average Bonchev–Trinajstić information content (AvgIpc) is 2.62. The summed E-state index contributed by atoms with van der Waals surface area (Å²) in [4.78, 5) is 25.9. The molecule has 0 saturated heterocycles. The third kappa shape index (κ3) is 4.83. The van der Waals surface area contributed by atoms with Gasteiger partial charge >= 0.3 is 5.97 Å². The van der Waals surface area contributed by atoms with E-state index < -0.39 is 11.9 Å². The van der Waals surface area contributed by atoms with Gasteiger partial charge in [0.1, 0.15) is 0 Å². The van der Waals surface area contributed by atoms with Crippen molar-refractivity contribution in [2.75, 3.05) is 25.0 Å². The second-order valence-electron chi connectivity index (χ2n) is 5.90. The van der Waals surface area contributed by atoms with Crippen LogP contribution in [0.5, 0.6) is 5.75 Å². The maximum atomic E-state index is 12.3. The number of para-hydroxylation sites is 1. The number of carbonyl (C=O) groups is 2. The Labute approximate surface area is 153 Å². The molecule has 138 valence electrons. The molecule has 6 heteroatoms. The van der Waals surface area contributed by atoms with Gasteiger partial charge in [-0.1, -0.05) is 43.9 Å². The number of amides is 1. The van der Waals surface area contributed by atoms with Crippen LogP contribution in [0.3, 0.4) is 0 Å². The van der Waals surface area contributed by atoms with Crippen molar-refractivity contribution in [2.45, 2.75) is 20.3 Å². The molecule has 2 N–H and O–H groups in total. The largest absolute Gasteiger partial charge is 0.872 e. The summed E-state index contributed by atoms with van der Waals surface area (Å²) in [6, 6.07) is 10.7. The van der Waals surface area contributed by atoms with E-state index in [-0.39, 0.29) is 16.9 Å². The van der Waals surface area contributed by atoms with E-state index >= 15 is 0 Å². The standard InChI is InChI=1S/C20H24N2O4/c1-3-22(4-2)12-11-14-13-15(9-10-16(14)20(25)26)21-19(24)17-7-5-6-8-18(17)23/h5-10,13,23H,3-4,11-12H2,1-2H3,(H,21,24)(H,25,26)/p-1. The van der Waals surface area contributed by atoms with Gasteiger partial charge in [0.15, 0.2) is 0 Å². The number of hydrogen-bond acceptors (Lipinski definition) is 4. The predicted molar refractivity (Wildman–Crippen MR) is 98.7 cm³/mol. The molecule has 0 spiro atoms. The van der Waals surface area contributed by atoms with Crippen molar-refractivity contribution in [1.82, 2.24) is 4.90 Å². The predicted octanol–water partition coefficient (Wildman–Crippen LogP) is 2.59. The Morgan fingerprint density at radius 3 is 2.38 bits per heavy atom. The number of benzene rings is 2.